The van der Waals surface area contributed by atoms with Crippen LogP contribution in [0.25, 0.3) is 11.1 Å². The van der Waals surface area contributed by atoms with Gasteiger partial charge in [0.15, 0.2) is 0 Å². The zero-order valence-corrected chi connectivity index (χ0v) is 14.9. The Morgan fingerprint density at radius 1 is 1.00 bits per heavy atom. The summed E-state index contributed by atoms with van der Waals surface area (Å²) in [5, 5.41) is 0. The molecule has 2 fully saturated rings. The topological polar surface area (TPSA) is 29.5 Å². The van der Waals surface area contributed by atoms with Crippen molar-refractivity contribution in [1.82, 2.24) is 4.90 Å². The number of piperidine rings is 1. The van der Waals surface area contributed by atoms with Crippen LogP contribution in [0.1, 0.15) is 30.7 Å². The first-order chi connectivity index (χ1) is 12.2. The fraction of sp³-hybridized carbons (Fsp3) is 0.409. The molecule has 2 aliphatic rings. The van der Waals surface area contributed by atoms with Gasteiger partial charge in [0.1, 0.15) is 0 Å². The molecule has 3 heteroatoms. The van der Waals surface area contributed by atoms with Crippen LogP contribution in [0, 0.1) is 5.92 Å². The normalized spacial score (nSPS) is 28.7. The highest BCUT2D eigenvalue weighted by atomic mass is 16.5. The second kappa shape index (κ2) is 6.64. The number of hydrogen-bond acceptors (Lipinski definition) is 3. The van der Waals surface area contributed by atoms with Gasteiger partial charge in [-0.3, -0.25) is 9.69 Å². The number of carbonyl (C=O) groups excluding carboxylic acids is 1. The van der Waals surface area contributed by atoms with Crippen LogP contribution in [-0.4, -0.2) is 37.1 Å². The number of esters is 1. The predicted octanol–water partition coefficient (Wildman–Crippen LogP) is 4.09. The van der Waals surface area contributed by atoms with E-state index in [0.29, 0.717) is 12.1 Å². The van der Waals surface area contributed by atoms with E-state index in [0.717, 1.165) is 12.8 Å². The number of nitrogens with zero attached hydrogens (tertiary/aromatic N) is 1. The van der Waals surface area contributed by atoms with E-state index in [4.69, 9.17) is 4.74 Å². The van der Waals surface area contributed by atoms with Crippen molar-refractivity contribution in [3.8, 4) is 11.1 Å². The van der Waals surface area contributed by atoms with E-state index in [1.165, 1.54) is 30.2 Å². The molecule has 0 amide bonds. The van der Waals surface area contributed by atoms with Crippen molar-refractivity contribution >= 4 is 5.97 Å². The SMILES string of the molecule is COC(=O)[C@@H]1[C@H](c2ccc(-c3ccccc3)cc2)C[C@H]2CC[C@@H]1N2C. The molecule has 2 bridgehead atoms. The molecule has 2 aliphatic heterocycles. The zero-order valence-electron chi connectivity index (χ0n) is 14.9. The van der Waals surface area contributed by atoms with E-state index in [1.54, 1.807) is 0 Å². The van der Waals surface area contributed by atoms with Crippen LogP contribution in [0.3, 0.4) is 0 Å². The summed E-state index contributed by atoms with van der Waals surface area (Å²) >= 11 is 0. The first-order valence-electron chi connectivity index (χ1n) is 9.14. The maximum atomic E-state index is 12.5. The quantitative estimate of drug-likeness (QED) is 0.791. The van der Waals surface area contributed by atoms with E-state index in [-0.39, 0.29) is 17.8 Å². The van der Waals surface area contributed by atoms with Gasteiger partial charge >= 0.3 is 5.97 Å². The van der Waals surface area contributed by atoms with Gasteiger partial charge in [-0.15, -0.1) is 0 Å². The van der Waals surface area contributed by atoms with Crippen LogP contribution in [-0.2, 0) is 9.53 Å². The third-order valence-corrected chi connectivity index (χ3v) is 6.19. The average molecular weight is 335 g/mol. The molecule has 25 heavy (non-hydrogen) atoms. The van der Waals surface area contributed by atoms with Crippen LogP contribution in [0.5, 0.6) is 0 Å². The molecule has 2 aromatic rings. The van der Waals surface area contributed by atoms with Crippen molar-refractivity contribution in [2.75, 3.05) is 14.2 Å². The summed E-state index contributed by atoms with van der Waals surface area (Å²) < 4.78 is 5.17. The third kappa shape index (κ3) is 2.87. The lowest BCUT2D eigenvalue weighted by Crippen LogP contribution is -2.49. The van der Waals surface area contributed by atoms with Gasteiger partial charge in [0.2, 0.25) is 0 Å². The Hall–Kier alpha value is -2.13. The molecule has 0 saturated carbocycles. The smallest absolute Gasteiger partial charge is 0.310 e. The number of hydrogen-bond donors (Lipinski definition) is 0. The van der Waals surface area contributed by atoms with Crippen molar-refractivity contribution in [1.29, 1.82) is 0 Å². The van der Waals surface area contributed by atoms with Crippen LogP contribution < -0.4 is 0 Å². The first-order valence-corrected chi connectivity index (χ1v) is 9.14. The first kappa shape index (κ1) is 16.3. The Balaban J connectivity index is 1.64. The van der Waals surface area contributed by atoms with Crippen molar-refractivity contribution in [2.24, 2.45) is 5.92 Å². The lowest BCUT2D eigenvalue weighted by Gasteiger charge is -2.41. The fourth-order valence-electron chi connectivity index (χ4n) is 4.82. The minimum Gasteiger partial charge on any atom is -0.469 e. The van der Waals surface area contributed by atoms with Crippen LogP contribution in [0.15, 0.2) is 54.6 Å². The summed E-state index contributed by atoms with van der Waals surface area (Å²) in [6.45, 7) is 0. The molecule has 3 nitrogen and oxygen atoms in total. The summed E-state index contributed by atoms with van der Waals surface area (Å²) in [5.74, 6) is 0.136. The molecule has 2 saturated heterocycles. The molecule has 4 rings (SSSR count). The molecular formula is C22H25NO2. The largest absolute Gasteiger partial charge is 0.469 e. The van der Waals surface area contributed by atoms with Crippen LogP contribution in [0.4, 0.5) is 0 Å². The maximum absolute atomic E-state index is 12.5. The molecule has 0 spiro atoms. The van der Waals surface area contributed by atoms with Crippen LogP contribution >= 0.6 is 0 Å². The average Bonchev–Trinajstić information content (AvgIpc) is 2.90. The van der Waals surface area contributed by atoms with Gasteiger partial charge in [0.05, 0.1) is 13.0 Å². The lowest BCUT2D eigenvalue weighted by molar-refractivity contribution is -0.150. The summed E-state index contributed by atoms with van der Waals surface area (Å²) in [4.78, 5) is 14.9. The van der Waals surface area contributed by atoms with E-state index in [9.17, 15) is 4.79 Å². The van der Waals surface area contributed by atoms with Gasteiger partial charge in [-0.1, -0.05) is 54.6 Å². The fourth-order valence-corrected chi connectivity index (χ4v) is 4.82. The standard InChI is InChI=1S/C22H25NO2/c1-23-18-12-13-20(23)21(22(24)25-2)19(14-18)17-10-8-16(9-11-17)15-6-4-3-5-7-15/h3-11,18-21H,12-14H2,1-2H3/t18-,19+,20+,21-/m1/s1. The minimum absolute atomic E-state index is 0.0590. The molecule has 0 aliphatic carbocycles. The monoisotopic (exact) mass is 335 g/mol. The molecule has 0 radical (unpaired) electrons. The number of methoxy groups -OCH3 is 1. The minimum atomic E-state index is -0.0608. The Morgan fingerprint density at radius 3 is 2.36 bits per heavy atom. The van der Waals surface area contributed by atoms with Gasteiger partial charge in [-0.05, 0) is 43.0 Å². The summed E-state index contributed by atoms with van der Waals surface area (Å²) in [6, 6.07) is 20.1. The highest BCUT2D eigenvalue weighted by molar-refractivity contribution is 5.75. The summed E-state index contributed by atoms with van der Waals surface area (Å²) in [7, 11) is 3.67. The Kier molecular flexibility index (Phi) is 4.34. The van der Waals surface area contributed by atoms with Gasteiger partial charge < -0.3 is 4.74 Å². The molecule has 2 heterocycles. The number of fused-ring (bicyclic) bond motifs is 2. The van der Waals surface area contributed by atoms with E-state index in [2.05, 4.69) is 60.5 Å². The predicted molar refractivity (Wildman–Crippen MR) is 99.3 cm³/mol. The number of ether oxygens (including phenoxy) is 1. The van der Waals surface area contributed by atoms with Gasteiger partial charge in [0, 0.05) is 18.0 Å². The highest BCUT2D eigenvalue weighted by Gasteiger charge is 2.49. The lowest BCUT2D eigenvalue weighted by atomic mass is 9.76. The molecular weight excluding hydrogens is 310 g/mol. The Labute approximate surface area is 149 Å². The van der Waals surface area contributed by atoms with Gasteiger partial charge in [-0.2, -0.15) is 0 Å². The van der Waals surface area contributed by atoms with Crippen molar-refractivity contribution in [3.05, 3.63) is 60.2 Å². The molecule has 4 atom stereocenters. The molecule has 2 aromatic carbocycles. The van der Waals surface area contributed by atoms with Crippen molar-refractivity contribution < 1.29 is 9.53 Å². The molecule has 0 unspecified atom stereocenters. The summed E-state index contributed by atoms with van der Waals surface area (Å²) in [5.41, 5.74) is 3.71. The van der Waals surface area contributed by atoms with E-state index >= 15 is 0 Å². The molecule has 0 aromatic heterocycles. The maximum Gasteiger partial charge on any atom is 0.310 e. The second-order valence-corrected chi connectivity index (χ2v) is 7.34. The zero-order chi connectivity index (χ0) is 17.4. The number of rotatable bonds is 3. The second-order valence-electron chi connectivity index (χ2n) is 7.34. The summed E-state index contributed by atoms with van der Waals surface area (Å²) in [6.07, 6.45) is 3.32. The molecule has 0 N–H and O–H groups in total. The highest BCUT2D eigenvalue weighted by Crippen LogP contribution is 2.46. The van der Waals surface area contributed by atoms with E-state index < -0.39 is 0 Å². The number of benzene rings is 2. The number of carbonyl (C=O) groups is 1. The molecule has 130 valence electrons. The van der Waals surface area contributed by atoms with E-state index in [1.807, 2.05) is 6.07 Å². The Bertz CT molecular complexity index is 740. The van der Waals surface area contributed by atoms with Crippen LogP contribution in [0.2, 0.25) is 0 Å². The van der Waals surface area contributed by atoms with Gasteiger partial charge in [0.25, 0.3) is 0 Å². The van der Waals surface area contributed by atoms with Crippen molar-refractivity contribution in [2.45, 2.75) is 37.3 Å². The Morgan fingerprint density at radius 2 is 1.68 bits per heavy atom. The third-order valence-electron chi connectivity index (χ3n) is 6.19. The van der Waals surface area contributed by atoms with Crippen molar-refractivity contribution in [3.63, 3.8) is 0 Å². The van der Waals surface area contributed by atoms with Gasteiger partial charge in [-0.25, -0.2) is 0 Å².